The first-order valence-electron chi connectivity index (χ1n) is 5.81. The smallest absolute Gasteiger partial charge is 0.199 e. The monoisotopic (exact) mass is 257 g/mol. The lowest BCUT2D eigenvalue weighted by atomic mass is 10.1. The van der Waals surface area contributed by atoms with Crippen LogP contribution >= 0.6 is 11.6 Å². The Morgan fingerprint density at radius 2 is 1.89 bits per heavy atom. The van der Waals surface area contributed by atoms with Crippen molar-refractivity contribution >= 4 is 22.7 Å². The van der Waals surface area contributed by atoms with E-state index in [1.54, 1.807) is 0 Å². The van der Waals surface area contributed by atoms with Crippen LogP contribution in [0.15, 0.2) is 46.9 Å². The zero-order chi connectivity index (χ0) is 12.5. The van der Waals surface area contributed by atoms with Crippen LogP contribution in [-0.2, 0) is 6.42 Å². The van der Waals surface area contributed by atoms with E-state index in [1.807, 2.05) is 18.2 Å². The summed E-state index contributed by atoms with van der Waals surface area (Å²) < 4.78 is 5.69. The Morgan fingerprint density at radius 1 is 1.11 bits per heavy atom. The van der Waals surface area contributed by atoms with Crippen LogP contribution in [0.1, 0.15) is 17.0 Å². The van der Waals surface area contributed by atoms with Gasteiger partial charge in [-0.1, -0.05) is 41.4 Å². The molecule has 0 saturated carbocycles. The molecule has 3 heteroatoms. The fraction of sp³-hybridized carbons (Fsp3) is 0.133. The van der Waals surface area contributed by atoms with Crippen molar-refractivity contribution in [1.82, 2.24) is 4.98 Å². The normalized spacial score (nSPS) is 11.0. The molecule has 0 aliphatic rings. The third-order valence-corrected chi connectivity index (χ3v) is 3.10. The number of oxazole rings is 1. The number of halogens is 1. The molecule has 2 aromatic carbocycles. The minimum atomic E-state index is 0.678. The van der Waals surface area contributed by atoms with Crippen molar-refractivity contribution in [1.29, 1.82) is 0 Å². The minimum absolute atomic E-state index is 0.678. The molecule has 2 nitrogen and oxygen atoms in total. The van der Waals surface area contributed by atoms with E-state index in [1.165, 1.54) is 11.1 Å². The number of benzene rings is 2. The highest BCUT2D eigenvalue weighted by atomic mass is 35.5. The predicted octanol–water partition coefficient (Wildman–Crippen LogP) is 4.38. The second-order valence-electron chi connectivity index (χ2n) is 4.38. The number of fused-ring (bicyclic) bond motifs is 1. The molecule has 0 aliphatic heterocycles. The van der Waals surface area contributed by atoms with Crippen LogP contribution in [0.3, 0.4) is 0 Å². The molecular formula is C15H12ClNO. The Bertz CT molecular complexity index is 685. The number of nitrogens with zero attached hydrogens (tertiary/aromatic N) is 1. The van der Waals surface area contributed by atoms with Crippen molar-refractivity contribution in [3.8, 4) is 0 Å². The second-order valence-corrected chi connectivity index (χ2v) is 4.82. The average Bonchev–Trinajstić information content (AvgIpc) is 2.73. The van der Waals surface area contributed by atoms with Crippen LogP contribution < -0.4 is 0 Å². The lowest BCUT2D eigenvalue weighted by Crippen LogP contribution is -1.87. The van der Waals surface area contributed by atoms with Crippen LogP contribution in [0, 0.1) is 6.92 Å². The lowest BCUT2D eigenvalue weighted by molar-refractivity contribution is 0.544. The third-order valence-electron chi connectivity index (χ3n) is 2.87. The molecule has 0 saturated heterocycles. The first-order valence-corrected chi connectivity index (χ1v) is 6.19. The van der Waals surface area contributed by atoms with Crippen LogP contribution in [-0.4, -0.2) is 4.98 Å². The summed E-state index contributed by atoms with van der Waals surface area (Å²) in [6, 6.07) is 13.9. The summed E-state index contributed by atoms with van der Waals surface area (Å²) in [5, 5.41) is 0.678. The van der Waals surface area contributed by atoms with Gasteiger partial charge in [0, 0.05) is 11.4 Å². The van der Waals surface area contributed by atoms with E-state index in [2.05, 4.69) is 36.2 Å². The Labute approximate surface area is 110 Å². The number of hydrogen-bond acceptors (Lipinski definition) is 2. The molecule has 90 valence electrons. The molecule has 18 heavy (non-hydrogen) atoms. The van der Waals surface area contributed by atoms with E-state index in [-0.39, 0.29) is 0 Å². The van der Waals surface area contributed by atoms with Gasteiger partial charge in [0.15, 0.2) is 11.5 Å². The van der Waals surface area contributed by atoms with Gasteiger partial charge in [0.05, 0.1) is 0 Å². The van der Waals surface area contributed by atoms with Gasteiger partial charge in [-0.25, -0.2) is 4.98 Å². The summed E-state index contributed by atoms with van der Waals surface area (Å²) in [7, 11) is 0. The molecule has 0 unspecified atom stereocenters. The summed E-state index contributed by atoms with van der Waals surface area (Å²) in [5.74, 6) is 0.719. The van der Waals surface area contributed by atoms with Crippen molar-refractivity contribution in [3.63, 3.8) is 0 Å². The van der Waals surface area contributed by atoms with Crippen molar-refractivity contribution in [2.75, 3.05) is 0 Å². The van der Waals surface area contributed by atoms with E-state index < -0.39 is 0 Å². The molecule has 0 bridgehead atoms. The molecule has 0 spiro atoms. The van der Waals surface area contributed by atoms with Crippen molar-refractivity contribution in [2.45, 2.75) is 13.3 Å². The predicted molar refractivity (Wildman–Crippen MR) is 73.0 cm³/mol. The maximum atomic E-state index is 5.92. The van der Waals surface area contributed by atoms with Gasteiger partial charge in [0.25, 0.3) is 0 Å². The second kappa shape index (κ2) is 4.46. The van der Waals surface area contributed by atoms with Gasteiger partial charge < -0.3 is 4.42 Å². The Balaban J connectivity index is 1.92. The van der Waals surface area contributed by atoms with E-state index in [9.17, 15) is 0 Å². The van der Waals surface area contributed by atoms with Gasteiger partial charge in [0.1, 0.15) is 5.52 Å². The molecule has 3 aromatic rings. The fourth-order valence-corrected chi connectivity index (χ4v) is 2.07. The van der Waals surface area contributed by atoms with Crippen molar-refractivity contribution < 1.29 is 4.42 Å². The SMILES string of the molecule is Cc1ccc(Cc2nc3cc(Cl)ccc3o2)cc1. The summed E-state index contributed by atoms with van der Waals surface area (Å²) >= 11 is 5.92. The molecule has 0 amide bonds. The highest BCUT2D eigenvalue weighted by Gasteiger charge is 2.06. The van der Waals surface area contributed by atoms with Crippen LogP contribution in [0.4, 0.5) is 0 Å². The Hall–Kier alpha value is -1.80. The zero-order valence-corrected chi connectivity index (χ0v) is 10.7. The Morgan fingerprint density at radius 3 is 2.67 bits per heavy atom. The highest BCUT2D eigenvalue weighted by molar-refractivity contribution is 6.31. The molecule has 0 N–H and O–H groups in total. The maximum absolute atomic E-state index is 5.92. The van der Waals surface area contributed by atoms with Crippen LogP contribution in [0.5, 0.6) is 0 Å². The lowest BCUT2D eigenvalue weighted by Gasteiger charge is -1.97. The first kappa shape index (κ1) is 11.3. The van der Waals surface area contributed by atoms with Gasteiger partial charge in [-0.15, -0.1) is 0 Å². The highest BCUT2D eigenvalue weighted by Crippen LogP contribution is 2.21. The first-order chi connectivity index (χ1) is 8.70. The molecule has 0 atom stereocenters. The van der Waals surface area contributed by atoms with Crippen molar-refractivity contribution in [3.05, 3.63) is 64.5 Å². The molecule has 3 rings (SSSR count). The minimum Gasteiger partial charge on any atom is -0.440 e. The number of hydrogen-bond donors (Lipinski definition) is 0. The van der Waals surface area contributed by atoms with Crippen molar-refractivity contribution in [2.24, 2.45) is 0 Å². The number of aromatic nitrogens is 1. The van der Waals surface area contributed by atoms with Crippen LogP contribution in [0.2, 0.25) is 5.02 Å². The topological polar surface area (TPSA) is 26.0 Å². The summed E-state index contributed by atoms with van der Waals surface area (Å²) in [4.78, 5) is 4.44. The molecule has 0 aliphatic carbocycles. The van der Waals surface area contributed by atoms with Gasteiger partial charge in [-0.2, -0.15) is 0 Å². The summed E-state index contributed by atoms with van der Waals surface area (Å²) in [6.07, 6.45) is 0.701. The fourth-order valence-electron chi connectivity index (χ4n) is 1.90. The van der Waals surface area contributed by atoms with Gasteiger partial charge in [-0.3, -0.25) is 0 Å². The van der Waals surface area contributed by atoms with Crippen LogP contribution in [0.25, 0.3) is 11.1 Å². The quantitative estimate of drug-likeness (QED) is 0.681. The van der Waals surface area contributed by atoms with E-state index >= 15 is 0 Å². The Kier molecular flexibility index (Phi) is 2.80. The maximum Gasteiger partial charge on any atom is 0.199 e. The average molecular weight is 258 g/mol. The zero-order valence-electron chi connectivity index (χ0n) is 9.98. The van der Waals surface area contributed by atoms with E-state index in [4.69, 9.17) is 16.0 Å². The van der Waals surface area contributed by atoms with E-state index in [0.717, 1.165) is 17.0 Å². The standard InChI is InChI=1S/C15H12ClNO/c1-10-2-4-11(5-3-10)8-15-17-13-9-12(16)6-7-14(13)18-15/h2-7,9H,8H2,1H3. The summed E-state index contributed by atoms with van der Waals surface area (Å²) in [5.41, 5.74) is 4.03. The third kappa shape index (κ3) is 2.24. The van der Waals surface area contributed by atoms with Gasteiger partial charge in [-0.05, 0) is 30.7 Å². The van der Waals surface area contributed by atoms with Gasteiger partial charge >= 0.3 is 0 Å². The number of aryl methyl sites for hydroxylation is 1. The number of rotatable bonds is 2. The van der Waals surface area contributed by atoms with Gasteiger partial charge in [0.2, 0.25) is 0 Å². The molecule has 0 radical (unpaired) electrons. The largest absolute Gasteiger partial charge is 0.440 e. The van der Waals surface area contributed by atoms with E-state index in [0.29, 0.717) is 11.4 Å². The molecule has 1 heterocycles. The molecule has 0 fully saturated rings. The molecule has 1 aromatic heterocycles. The molecular weight excluding hydrogens is 246 g/mol. The summed E-state index contributed by atoms with van der Waals surface area (Å²) in [6.45, 7) is 2.07.